The van der Waals surface area contributed by atoms with Crippen molar-refractivity contribution in [2.75, 3.05) is 13.6 Å². The van der Waals surface area contributed by atoms with Crippen molar-refractivity contribution in [3.8, 4) is 6.07 Å². The Kier molecular flexibility index (Phi) is 4.24. The van der Waals surface area contributed by atoms with Crippen LogP contribution in [0.4, 0.5) is 0 Å². The molecule has 2 rings (SSSR count). The summed E-state index contributed by atoms with van der Waals surface area (Å²) in [5.41, 5.74) is 3.75. The standard InChI is InChI=1S/C16H21N3/c1-4-13(9-17)10-19(3)11-15-12(2)18-16-8-6-5-7-14(15)16/h5-8,13,18H,4,10-11H2,1-3H3. The number of fused-ring (bicyclic) bond motifs is 1. The van der Waals surface area contributed by atoms with Gasteiger partial charge >= 0.3 is 0 Å². The van der Waals surface area contributed by atoms with E-state index in [2.05, 4.69) is 61.1 Å². The molecule has 0 fully saturated rings. The molecule has 0 aliphatic heterocycles. The summed E-state index contributed by atoms with van der Waals surface area (Å²) in [5.74, 6) is 0.121. The lowest BCUT2D eigenvalue weighted by atomic mass is 10.1. The summed E-state index contributed by atoms with van der Waals surface area (Å²) in [6.45, 7) is 5.89. The smallest absolute Gasteiger partial charge is 0.0669 e. The summed E-state index contributed by atoms with van der Waals surface area (Å²) in [5, 5.41) is 10.3. The molecule has 0 radical (unpaired) electrons. The van der Waals surface area contributed by atoms with Gasteiger partial charge in [-0.2, -0.15) is 5.26 Å². The van der Waals surface area contributed by atoms with Gasteiger partial charge in [-0.3, -0.25) is 0 Å². The quantitative estimate of drug-likeness (QED) is 0.889. The lowest BCUT2D eigenvalue weighted by molar-refractivity contribution is 0.293. The molecular weight excluding hydrogens is 234 g/mol. The van der Waals surface area contributed by atoms with Crippen molar-refractivity contribution < 1.29 is 0 Å². The second-order valence-electron chi connectivity index (χ2n) is 5.21. The predicted octanol–water partition coefficient (Wildman–Crippen LogP) is 3.46. The minimum absolute atomic E-state index is 0.121. The van der Waals surface area contributed by atoms with E-state index in [-0.39, 0.29) is 5.92 Å². The number of aryl methyl sites for hydroxylation is 1. The van der Waals surface area contributed by atoms with E-state index in [9.17, 15) is 0 Å². The molecule has 1 heterocycles. The molecule has 0 amide bonds. The maximum absolute atomic E-state index is 9.04. The maximum Gasteiger partial charge on any atom is 0.0669 e. The summed E-state index contributed by atoms with van der Waals surface area (Å²) >= 11 is 0. The molecule has 0 bridgehead atoms. The molecule has 1 aromatic carbocycles. The fraction of sp³-hybridized carbons (Fsp3) is 0.438. The van der Waals surface area contributed by atoms with Crippen LogP contribution in [0.1, 0.15) is 24.6 Å². The zero-order valence-corrected chi connectivity index (χ0v) is 11.9. The molecule has 1 aromatic heterocycles. The Hall–Kier alpha value is -1.79. The van der Waals surface area contributed by atoms with Crippen LogP contribution >= 0.6 is 0 Å². The van der Waals surface area contributed by atoms with Crippen molar-refractivity contribution >= 4 is 10.9 Å². The van der Waals surface area contributed by atoms with Gasteiger partial charge in [-0.25, -0.2) is 0 Å². The van der Waals surface area contributed by atoms with E-state index in [0.717, 1.165) is 19.5 Å². The Labute approximate surface area is 114 Å². The van der Waals surface area contributed by atoms with Crippen LogP contribution in [-0.4, -0.2) is 23.5 Å². The average molecular weight is 255 g/mol. The minimum Gasteiger partial charge on any atom is -0.358 e. The van der Waals surface area contributed by atoms with Crippen molar-refractivity contribution in [1.29, 1.82) is 5.26 Å². The van der Waals surface area contributed by atoms with Gasteiger partial charge in [-0.15, -0.1) is 0 Å². The molecule has 0 spiro atoms. The third kappa shape index (κ3) is 2.97. The van der Waals surface area contributed by atoms with E-state index >= 15 is 0 Å². The van der Waals surface area contributed by atoms with Gasteiger partial charge in [0.1, 0.15) is 0 Å². The molecule has 0 saturated carbocycles. The lowest BCUT2D eigenvalue weighted by Gasteiger charge is -2.19. The molecular formula is C16H21N3. The Morgan fingerprint density at radius 1 is 1.37 bits per heavy atom. The minimum atomic E-state index is 0.121. The molecule has 1 atom stereocenters. The van der Waals surface area contributed by atoms with Crippen LogP contribution < -0.4 is 0 Å². The van der Waals surface area contributed by atoms with Crippen LogP contribution in [0.25, 0.3) is 10.9 Å². The van der Waals surface area contributed by atoms with Crippen molar-refractivity contribution in [3.63, 3.8) is 0 Å². The van der Waals surface area contributed by atoms with Gasteiger partial charge in [-0.05, 0) is 32.0 Å². The SMILES string of the molecule is CCC(C#N)CN(C)Cc1c(C)[nH]c2ccccc12. The molecule has 1 N–H and O–H groups in total. The number of aromatic nitrogens is 1. The van der Waals surface area contributed by atoms with E-state index in [1.165, 1.54) is 22.2 Å². The highest BCUT2D eigenvalue weighted by Crippen LogP contribution is 2.23. The van der Waals surface area contributed by atoms with Crippen molar-refractivity contribution in [1.82, 2.24) is 9.88 Å². The zero-order valence-electron chi connectivity index (χ0n) is 11.9. The van der Waals surface area contributed by atoms with Crippen molar-refractivity contribution in [2.24, 2.45) is 5.92 Å². The average Bonchev–Trinajstić information content (AvgIpc) is 2.72. The molecule has 3 nitrogen and oxygen atoms in total. The van der Waals surface area contributed by atoms with Crippen molar-refractivity contribution in [3.05, 3.63) is 35.5 Å². The van der Waals surface area contributed by atoms with Gasteiger partial charge in [0.15, 0.2) is 0 Å². The van der Waals surface area contributed by atoms with Gasteiger partial charge in [0.05, 0.1) is 12.0 Å². The first-order valence-corrected chi connectivity index (χ1v) is 6.80. The van der Waals surface area contributed by atoms with Crippen LogP contribution in [-0.2, 0) is 6.54 Å². The molecule has 0 aliphatic rings. The van der Waals surface area contributed by atoms with Crippen LogP contribution in [0.5, 0.6) is 0 Å². The molecule has 2 aromatic rings. The molecule has 3 heteroatoms. The fourth-order valence-electron chi connectivity index (χ4n) is 2.51. The van der Waals surface area contributed by atoms with Crippen LogP contribution in [0.15, 0.2) is 24.3 Å². The maximum atomic E-state index is 9.04. The highest BCUT2D eigenvalue weighted by molar-refractivity contribution is 5.84. The normalized spacial score (nSPS) is 12.8. The highest BCUT2D eigenvalue weighted by Gasteiger charge is 2.13. The largest absolute Gasteiger partial charge is 0.358 e. The molecule has 1 unspecified atom stereocenters. The second kappa shape index (κ2) is 5.90. The number of benzene rings is 1. The third-order valence-corrected chi connectivity index (χ3v) is 3.66. The van der Waals surface area contributed by atoms with Crippen LogP contribution in [0.2, 0.25) is 0 Å². The van der Waals surface area contributed by atoms with Gasteiger partial charge in [-0.1, -0.05) is 25.1 Å². The Morgan fingerprint density at radius 2 is 2.11 bits per heavy atom. The Morgan fingerprint density at radius 3 is 2.79 bits per heavy atom. The van der Waals surface area contributed by atoms with Gasteiger partial charge < -0.3 is 9.88 Å². The summed E-state index contributed by atoms with van der Waals surface area (Å²) in [7, 11) is 2.08. The number of nitrogens with zero attached hydrogens (tertiary/aromatic N) is 2. The lowest BCUT2D eigenvalue weighted by Crippen LogP contribution is -2.24. The predicted molar refractivity (Wildman–Crippen MR) is 78.8 cm³/mol. The number of nitrogens with one attached hydrogen (secondary N) is 1. The first-order chi connectivity index (χ1) is 9.15. The van der Waals surface area contributed by atoms with Crippen LogP contribution in [0.3, 0.4) is 0 Å². The Balaban J connectivity index is 2.17. The van der Waals surface area contributed by atoms with Gasteiger partial charge in [0.25, 0.3) is 0 Å². The molecule has 19 heavy (non-hydrogen) atoms. The number of hydrogen-bond donors (Lipinski definition) is 1. The first-order valence-electron chi connectivity index (χ1n) is 6.80. The summed E-state index contributed by atoms with van der Waals surface area (Å²) in [6.07, 6.45) is 0.910. The number of nitriles is 1. The molecule has 0 aliphatic carbocycles. The van der Waals surface area contributed by atoms with Crippen LogP contribution in [0, 0.1) is 24.2 Å². The number of para-hydroxylation sites is 1. The van der Waals surface area contributed by atoms with E-state index in [1.807, 2.05) is 0 Å². The summed E-state index contributed by atoms with van der Waals surface area (Å²) in [4.78, 5) is 5.66. The number of aromatic amines is 1. The zero-order chi connectivity index (χ0) is 13.8. The fourth-order valence-corrected chi connectivity index (χ4v) is 2.51. The van der Waals surface area contributed by atoms with E-state index < -0.39 is 0 Å². The Bertz CT molecular complexity index is 592. The summed E-state index contributed by atoms with van der Waals surface area (Å²) in [6, 6.07) is 10.8. The van der Waals surface area contributed by atoms with Gasteiger partial charge in [0.2, 0.25) is 0 Å². The van der Waals surface area contributed by atoms with E-state index in [4.69, 9.17) is 5.26 Å². The summed E-state index contributed by atoms with van der Waals surface area (Å²) < 4.78 is 0. The highest BCUT2D eigenvalue weighted by atomic mass is 15.1. The topological polar surface area (TPSA) is 42.8 Å². The van der Waals surface area contributed by atoms with Crippen molar-refractivity contribution in [2.45, 2.75) is 26.8 Å². The first kappa shape index (κ1) is 13.6. The third-order valence-electron chi connectivity index (χ3n) is 3.66. The van der Waals surface area contributed by atoms with Gasteiger partial charge in [0, 0.05) is 29.7 Å². The van der Waals surface area contributed by atoms with E-state index in [1.54, 1.807) is 0 Å². The number of hydrogen-bond acceptors (Lipinski definition) is 2. The number of H-pyrrole nitrogens is 1. The van der Waals surface area contributed by atoms with E-state index in [0.29, 0.717) is 0 Å². The number of rotatable bonds is 5. The molecule has 0 saturated heterocycles. The second-order valence-corrected chi connectivity index (χ2v) is 5.21. The monoisotopic (exact) mass is 255 g/mol. The molecule has 100 valence electrons.